The fourth-order valence-corrected chi connectivity index (χ4v) is 4.61. The first-order chi connectivity index (χ1) is 17.4. The van der Waals surface area contributed by atoms with E-state index in [1.54, 1.807) is 70.8 Å². The lowest BCUT2D eigenvalue weighted by molar-refractivity contribution is 0.0973. The van der Waals surface area contributed by atoms with Gasteiger partial charge in [0.2, 0.25) is 0 Å². The van der Waals surface area contributed by atoms with Gasteiger partial charge in [0, 0.05) is 29.3 Å². The first kappa shape index (κ1) is 25.0. The Hall–Kier alpha value is -4.07. The fourth-order valence-electron chi connectivity index (χ4n) is 4.61. The number of rotatable bonds is 8. The summed E-state index contributed by atoms with van der Waals surface area (Å²) in [7, 11) is 8.05. The van der Waals surface area contributed by atoms with Crippen molar-refractivity contribution >= 4 is 17.3 Å². The van der Waals surface area contributed by atoms with Gasteiger partial charge < -0.3 is 33.9 Å². The highest BCUT2D eigenvalue weighted by Gasteiger charge is 2.37. The van der Waals surface area contributed by atoms with Gasteiger partial charge in [-0.3, -0.25) is 4.79 Å². The number of fused-ring (bicyclic) bond motifs is 1. The predicted octanol–water partition coefficient (Wildman–Crippen LogP) is 5.32. The second-order valence-electron chi connectivity index (χ2n) is 8.52. The minimum absolute atomic E-state index is 0.115. The number of amides is 1. The van der Waals surface area contributed by atoms with Crippen LogP contribution < -0.4 is 33.9 Å². The summed E-state index contributed by atoms with van der Waals surface area (Å²) < 4.78 is 27.5. The zero-order chi connectivity index (χ0) is 25.8. The van der Waals surface area contributed by atoms with Gasteiger partial charge in [0.05, 0.1) is 53.0 Å². The van der Waals surface area contributed by atoms with E-state index >= 15 is 0 Å². The maximum Gasteiger partial charge on any atom is 0.258 e. The molecule has 0 saturated heterocycles. The Balaban J connectivity index is 1.79. The van der Waals surface area contributed by atoms with Gasteiger partial charge in [-0.25, -0.2) is 0 Å². The van der Waals surface area contributed by atoms with Crippen molar-refractivity contribution in [1.82, 2.24) is 0 Å². The topological polar surface area (TPSA) is 78.5 Å². The molecule has 1 heterocycles. The van der Waals surface area contributed by atoms with E-state index in [1.807, 2.05) is 31.2 Å². The van der Waals surface area contributed by atoms with E-state index in [4.69, 9.17) is 23.7 Å². The average Bonchev–Trinajstić information content (AvgIpc) is 2.92. The zero-order valence-corrected chi connectivity index (χ0v) is 21.5. The quantitative estimate of drug-likeness (QED) is 0.456. The Labute approximate surface area is 211 Å². The number of anilines is 2. The summed E-state index contributed by atoms with van der Waals surface area (Å²) in [5.74, 6) is 3.15. The molecule has 0 aromatic heterocycles. The molecule has 3 aromatic rings. The number of methoxy groups -OCH3 is 5. The number of ether oxygens (including phenoxy) is 5. The molecule has 3 aromatic carbocycles. The van der Waals surface area contributed by atoms with Crippen LogP contribution in [0.15, 0.2) is 54.6 Å². The SMILES string of the molecule is COc1ccc(C(=O)N2c3c(OC)cc(OC)cc3[C@H](Nc3ccc(OC)cc3OC)C[C@H]2C)cc1. The number of nitrogens with zero attached hydrogens (tertiary/aromatic N) is 1. The van der Waals surface area contributed by atoms with Crippen molar-refractivity contribution in [3.05, 3.63) is 65.7 Å². The number of carbonyl (C=O) groups is 1. The van der Waals surface area contributed by atoms with Crippen LogP contribution in [0.3, 0.4) is 0 Å². The maximum atomic E-state index is 13.8. The second-order valence-corrected chi connectivity index (χ2v) is 8.52. The largest absolute Gasteiger partial charge is 0.497 e. The van der Waals surface area contributed by atoms with Crippen molar-refractivity contribution in [2.24, 2.45) is 0 Å². The minimum atomic E-state index is -0.138. The Morgan fingerprint density at radius 1 is 0.778 bits per heavy atom. The van der Waals surface area contributed by atoms with Gasteiger partial charge in [-0.05, 0) is 55.8 Å². The Bertz CT molecular complexity index is 1230. The molecule has 1 aliphatic heterocycles. The molecule has 0 saturated carbocycles. The highest BCUT2D eigenvalue weighted by atomic mass is 16.5. The van der Waals surface area contributed by atoms with Crippen LogP contribution in [-0.2, 0) is 0 Å². The summed E-state index contributed by atoms with van der Waals surface area (Å²) in [4.78, 5) is 15.6. The van der Waals surface area contributed by atoms with E-state index < -0.39 is 0 Å². The zero-order valence-electron chi connectivity index (χ0n) is 21.5. The first-order valence-electron chi connectivity index (χ1n) is 11.7. The fraction of sp³-hybridized carbons (Fsp3) is 0.321. The lowest BCUT2D eigenvalue weighted by Gasteiger charge is -2.41. The molecule has 4 rings (SSSR count). The monoisotopic (exact) mass is 492 g/mol. The van der Waals surface area contributed by atoms with E-state index in [0.29, 0.717) is 46.4 Å². The summed E-state index contributed by atoms with van der Waals surface area (Å²) in [6.45, 7) is 2.04. The molecule has 1 aliphatic rings. The molecule has 8 nitrogen and oxygen atoms in total. The number of carbonyl (C=O) groups excluding carboxylic acids is 1. The summed E-state index contributed by atoms with van der Waals surface area (Å²) in [5.41, 5.74) is 2.99. The van der Waals surface area contributed by atoms with Crippen LogP contribution in [0.5, 0.6) is 28.7 Å². The Morgan fingerprint density at radius 3 is 2.00 bits per heavy atom. The van der Waals surface area contributed by atoms with Crippen LogP contribution in [0.2, 0.25) is 0 Å². The molecule has 2 atom stereocenters. The third-order valence-electron chi connectivity index (χ3n) is 6.46. The van der Waals surface area contributed by atoms with Crippen LogP contribution in [-0.4, -0.2) is 47.5 Å². The summed E-state index contributed by atoms with van der Waals surface area (Å²) in [6, 6.07) is 16.2. The average molecular weight is 493 g/mol. The van der Waals surface area contributed by atoms with E-state index in [0.717, 1.165) is 11.3 Å². The number of nitrogens with one attached hydrogen (secondary N) is 1. The molecule has 0 spiro atoms. The van der Waals surface area contributed by atoms with Gasteiger partial charge in [-0.15, -0.1) is 0 Å². The van der Waals surface area contributed by atoms with Gasteiger partial charge in [-0.2, -0.15) is 0 Å². The van der Waals surface area contributed by atoms with Gasteiger partial charge in [0.15, 0.2) is 0 Å². The van der Waals surface area contributed by atoms with Crippen molar-refractivity contribution in [3.8, 4) is 28.7 Å². The number of hydrogen-bond donors (Lipinski definition) is 1. The maximum absolute atomic E-state index is 13.8. The van der Waals surface area contributed by atoms with Crippen molar-refractivity contribution < 1.29 is 28.5 Å². The van der Waals surface area contributed by atoms with Crippen LogP contribution in [0.1, 0.15) is 35.3 Å². The molecule has 0 bridgehead atoms. The minimum Gasteiger partial charge on any atom is -0.497 e. The van der Waals surface area contributed by atoms with Crippen molar-refractivity contribution in [2.45, 2.75) is 25.4 Å². The van der Waals surface area contributed by atoms with Crippen LogP contribution in [0.25, 0.3) is 0 Å². The van der Waals surface area contributed by atoms with Crippen LogP contribution >= 0.6 is 0 Å². The molecule has 0 aliphatic carbocycles. The molecular formula is C28H32N2O6. The third-order valence-corrected chi connectivity index (χ3v) is 6.46. The molecule has 0 radical (unpaired) electrons. The second kappa shape index (κ2) is 10.7. The van der Waals surface area contributed by atoms with Gasteiger partial charge >= 0.3 is 0 Å². The summed E-state index contributed by atoms with van der Waals surface area (Å²) >= 11 is 0. The van der Waals surface area contributed by atoms with Crippen molar-refractivity contribution in [3.63, 3.8) is 0 Å². The number of hydrogen-bond acceptors (Lipinski definition) is 7. The molecule has 0 fully saturated rings. The lowest BCUT2D eigenvalue weighted by Crippen LogP contribution is -2.44. The van der Waals surface area contributed by atoms with Gasteiger partial charge in [-0.1, -0.05) is 0 Å². The van der Waals surface area contributed by atoms with E-state index in [9.17, 15) is 4.79 Å². The molecular weight excluding hydrogens is 460 g/mol. The highest BCUT2D eigenvalue weighted by Crippen LogP contribution is 2.48. The highest BCUT2D eigenvalue weighted by molar-refractivity contribution is 6.08. The van der Waals surface area contributed by atoms with Crippen molar-refractivity contribution in [2.75, 3.05) is 45.8 Å². The van der Waals surface area contributed by atoms with Crippen LogP contribution in [0.4, 0.5) is 11.4 Å². The standard InChI is InChI=1S/C28H32N2O6/c1-17-13-24(29-23-12-11-20(33-3)15-25(23)35-5)22-14-21(34-4)16-26(36-6)27(22)30(17)28(31)18-7-9-19(32-2)10-8-18/h7-12,14-17,24,29H,13H2,1-6H3/t17-,24-/m1/s1. The van der Waals surface area contributed by atoms with Gasteiger partial charge in [0.25, 0.3) is 5.91 Å². The van der Waals surface area contributed by atoms with Gasteiger partial charge in [0.1, 0.15) is 28.7 Å². The normalized spacial score (nSPS) is 16.6. The first-order valence-corrected chi connectivity index (χ1v) is 11.7. The van der Waals surface area contributed by atoms with Crippen molar-refractivity contribution in [1.29, 1.82) is 0 Å². The smallest absolute Gasteiger partial charge is 0.258 e. The molecule has 1 N–H and O–H groups in total. The third kappa shape index (κ3) is 4.71. The molecule has 36 heavy (non-hydrogen) atoms. The molecule has 8 heteroatoms. The Kier molecular flexibility index (Phi) is 7.43. The number of benzene rings is 3. The Morgan fingerprint density at radius 2 is 1.39 bits per heavy atom. The molecule has 0 unspecified atom stereocenters. The van der Waals surface area contributed by atoms with Crippen LogP contribution in [0, 0.1) is 0 Å². The predicted molar refractivity (Wildman–Crippen MR) is 139 cm³/mol. The lowest BCUT2D eigenvalue weighted by atomic mass is 9.90. The van der Waals surface area contributed by atoms with E-state index in [2.05, 4.69) is 5.32 Å². The molecule has 190 valence electrons. The summed E-state index contributed by atoms with van der Waals surface area (Å²) in [5, 5.41) is 3.61. The summed E-state index contributed by atoms with van der Waals surface area (Å²) in [6.07, 6.45) is 0.653. The van der Waals surface area contributed by atoms with E-state index in [-0.39, 0.29) is 18.0 Å². The van der Waals surface area contributed by atoms with E-state index in [1.165, 1.54) is 0 Å². The molecule has 1 amide bonds.